The summed E-state index contributed by atoms with van der Waals surface area (Å²) in [7, 11) is 0. The van der Waals surface area contributed by atoms with E-state index >= 15 is 0 Å². The SMILES string of the molecule is C=CCNC(=O)COc1ccc(C(CC)NCCC)cc1. The van der Waals surface area contributed by atoms with Gasteiger partial charge in [0.2, 0.25) is 0 Å². The number of amides is 1. The second-order valence-corrected chi connectivity index (χ2v) is 4.87. The molecule has 1 aromatic rings. The summed E-state index contributed by atoms with van der Waals surface area (Å²) in [5, 5.41) is 6.19. The molecule has 0 saturated carbocycles. The number of nitrogens with one attached hydrogen (secondary N) is 2. The van der Waals surface area contributed by atoms with Crippen LogP contribution in [0.3, 0.4) is 0 Å². The largest absolute Gasteiger partial charge is 0.484 e. The second-order valence-electron chi connectivity index (χ2n) is 4.87. The Labute approximate surface area is 127 Å². The second kappa shape index (κ2) is 10.00. The number of ether oxygens (including phenoxy) is 1. The molecule has 1 unspecified atom stereocenters. The summed E-state index contributed by atoms with van der Waals surface area (Å²) < 4.78 is 5.45. The van der Waals surface area contributed by atoms with Gasteiger partial charge in [0.1, 0.15) is 5.75 Å². The molecular weight excluding hydrogens is 264 g/mol. The van der Waals surface area contributed by atoms with Crippen LogP contribution in [0.25, 0.3) is 0 Å². The van der Waals surface area contributed by atoms with Crippen LogP contribution >= 0.6 is 0 Å². The molecule has 116 valence electrons. The van der Waals surface area contributed by atoms with E-state index in [1.54, 1.807) is 6.08 Å². The van der Waals surface area contributed by atoms with Gasteiger partial charge in [-0.15, -0.1) is 6.58 Å². The van der Waals surface area contributed by atoms with Gasteiger partial charge in [0.25, 0.3) is 5.91 Å². The summed E-state index contributed by atoms with van der Waals surface area (Å²) in [6.07, 6.45) is 3.81. The van der Waals surface area contributed by atoms with Gasteiger partial charge >= 0.3 is 0 Å². The zero-order valence-corrected chi connectivity index (χ0v) is 13.0. The van der Waals surface area contributed by atoms with Gasteiger partial charge in [-0.1, -0.05) is 32.1 Å². The highest BCUT2D eigenvalue weighted by Gasteiger charge is 2.08. The van der Waals surface area contributed by atoms with Crippen molar-refractivity contribution in [3.8, 4) is 5.75 Å². The van der Waals surface area contributed by atoms with E-state index in [4.69, 9.17) is 4.74 Å². The standard InChI is InChI=1S/C17H26N2O2/c1-4-11-18-16(6-3)14-7-9-15(10-8-14)21-13-17(20)19-12-5-2/h5,7-10,16,18H,2,4,6,11-13H2,1,3H3,(H,19,20). The average molecular weight is 290 g/mol. The van der Waals surface area contributed by atoms with Gasteiger partial charge in [-0.2, -0.15) is 0 Å². The summed E-state index contributed by atoms with van der Waals surface area (Å²) in [4.78, 5) is 11.4. The minimum Gasteiger partial charge on any atom is -0.484 e. The highest BCUT2D eigenvalue weighted by Crippen LogP contribution is 2.20. The van der Waals surface area contributed by atoms with Crippen molar-refractivity contribution in [3.05, 3.63) is 42.5 Å². The van der Waals surface area contributed by atoms with Crippen molar-refractivity contribution in [1.29, 1.82) is 0 Å². The third-order valence-electron chi connectivity index (χ3n) is 3.14. The van der Waals surface area contributed by atoms with Crippen LogP contribution in [0.4, 0.5) is 0 Å². The molecule has 0 aliphatic heterocycles. The lowest BCUT2D eigenvalue weighted by Crippen LogP contribution is -2.28. The molecule has 1 aromatic carbocycles. The van der Waals surface area contributed by atoms with Crippen LogP contribution in [0.5, 0.6) is 5.75 Å². The minimum absolute atomic E-state index is 0.0263. The fourth-order valence-corrected chi connectivity index (χ4v) is 2.00. The molecule has 0 aliphatic carbocycles. The molecule has 0 heterocycles. The van der Waals surface area contributed by atoms with Crippen molar-refractivity contribution in [1.82, 2.24) is 10.6 Å². The van der Waals surface area contributed by atoms with Crippen molar-refractivity contribution in [3.63, 3.8) is 0 Å². The Kier molecular flexibility index (Phi) is 8.21. The highest BCUT2D eigenvalue weighted by atomic mass is 16.5. The van der Waals surface area contributed by atoms with Crippen LogP contribution in [0, 0.1) is 0 Å². The van der Waals surface area contributed by atoms with Crippen molar-refractivity contribution in [2.45, 2.75) is 32.7 Å². The van der Waals surface area contributed by atoms with Crippen molar-refractivity contribution in [2.75, 3.05) is 19.7 Å². The first-order valence-electron chi connectivity index (χ1n) is 7.55. The van der Waals surface area contributed by atoms with E-state index in [1.165, 1.54) is 5.56 Å². The fourth-order valence-electron chi connectivity index (χ4n) is 2.00. The number of hydrogen-bond donors (Lipinski definition) is 2. The lowest BCUT2D eigenvalue weighted by molar-refractivity contribution is -0.122. The quantitative estimate of drug-likeness (QED) is 0.652. The molecule has 21 heavy (non-hydrogen) atoms. The van der Waals surface area contributed by atoms with Crippen LogP contribution in [0.1, 0.15) is 38.3 Å². The number of hydrogen-bond acceptors (Lipinski definition) is 3. The molecule has 0 radical (unpaired) electrons. The minimum atomic E-state index is -0.143. The smallest absolute Gasteiger partial charge is 0.258 e. The van der Waals surface area contributed by atoms with Gasteiger partial charge in [-0.05, 0) is 37.1 Å². The van der Waals surface area contributed by atoms with Gasteiger partial charge in [-0.25, -0.2) is 0 Å². The number of benzene rings is 1. The van der Waals surface area contributed by atoms with E-state index in [9.17, 15) is 4.79 Å². The van der Waals surface area contributed by atoms with Gasteiger partial charge in [0.05, 0.1) is 0 Å². The van der Waals surface area contributed by atoms with Crippen LogP contribution in [-0.2, 0) is 4.79 Å². The molecule has 1 rings (SSSR count). The highest BCUT2D eigenvalue weighted by molar-refractivity contribution is 5.77. The predicted molar refractivity (Wildman–Crippen MR) is 86.5 cm³/mol. The number of carbonyl (C=O) groups is 1. The fraction of sp³-hybridized carbons (Fsp3) is 0.471. The van der Waals surface area contributed by atoms with Crippen molar-refractivity contribution < 1.29 is 9.53 Å². The van der Waals surface area contributed by atoms with E-state index < -0.39 is 0 Å². The van der Waals surface area contributed by atoms with E-state index in [0.717, 1.165) is 19.4 Å². The molecule has 2 N–H and O–H groups in total. The molecule has 0 spiro atoms. The first kappa shape index (κ1) is 17.2. The molecule has 4 nitrogen and oxygen atoms in total. The van der Waals surface area contributed by atoms with E-state index in [2.05, 4.69) is 31.1 Å². The molecule has 4 heteroatoms. The molecule has 0 aromatic heterocycles. The first-order chi connectivity index (χ1) is 10.2. The van der Waals surface area contributed by atoms with Gasteiger partial charge in [0, 0.05) is 12.6 Å². The normalized spacial score (nSPS) is 11.7. The van der Waals surface area contributed by atoms with Crippen LogP contribution in [0.15, 0.2) is 36.9 Å². The molecule has 0 aliphatic rings. The third kappa shape index (κ3) is 6.45. The predicted octanol–water partition coefficient (Wildman–Crippen LogP) is 2.82. The molecule has 0 saturated heterocycles. The summed E-state index contributed by atoms with van der Waals surface area (Å²) >= 11 is 0. The van der Waals surface area contributed by atoms with Crippen LogP contribution in [-0.4, -0.2) is 25.6 Å². The number of carbonyl (C=O) groups excluding carboxylic acids is 1. The van der Waals surface area contributed by atoms with Crippen LogP contribution < -0.4 is 15.4 Å². The topological polar surface area (TPSA) is 50.4 Å². The summed E-state index contributed by atoms with van der Waals surface area (Å²) in [5.74, 6) is 0.563. The van der Waals surface area contributed by atoms with E-state index in [0.29, 0.717) is 18.3 Å². The molecule has 0 fully saturated rings. The van der Waals surface area contributed by atoms with Crippen molar-refractivity contribution in [2.24, 2.45) is 0 Å². The average Bonchev–Trinajstić information content (AvgIpc) is 2.52. The lowest BCUT2D eigenvalue weighted by atomic mass is 10.0. The van der Waals surface area contributed by atoms with E-state index in [-0.39, 0.29) is 12.5 Å². The third-order valence-corrected chi connectivity index (χ3v) is 3.14. The monoisotopic (exact) mass is 290 g/mol. The Hall–Kier alpha value is -1.81. The Morgan fingerprint density at radius 2 is 2.05 bits per heavy atom. The van der Waals surface area contributed by atoms with Crippen molar-refractivity contribution >= 4 is 5.91 Å². The zero-order chi connectivity index (χ0) is 15.5. The number of rotatable bonds is 10. The Morgan fingerprint density at radius 3 is 2.62 bits per heavy atom. The Bertz CT molecular complexity index is 429. The first-order valence-corrected chi connectivity index (χ1v) is 7.55. The van der Waals surface area contributed by atoms with Crippen LogP contribution in [0.2, 0.25) is 0 Å². The maximum Gasteiger partial charge on any atom is 0.258 e. The maximum atomic E-state index is 11.4. The molecule has 1 atom stereocenters. The molecular formula is C17H26N2O2. The Morgan fingerprint density at radius 1 is 1.33 bits per heavy atom. The summed E-state index contributed by atoms with van der Waals surface area (Å²) in [6, 6.07) is 8.29. The molecule has 0 bridgehead atoms. The summed E-state index contributed by atoms with van der Waals surface area (Å²) in [5.41, 5.74) is 1.24. The Balaban J connectivity index is 2.49. The summed E-state index contributed by atoms with van der Waals surface area (Å²) in [6.45, 7) is 9.38. The van der Waals surface area contributed by atoms with E-state index in [1.807, 2.05) is 24.3 Å². The van der Waals surface area contributed by atoms with Gasteiger partial charge in [0.15, 0.2) is 6.61 Å². The zero-order valence-electron chi connectivity index (χ0n) is 13.0. The molecule has 1 amide bonds. The maximum absolute atomic E-state index is 11.4. The van der Waals surface area contributed by atoms with Gasteiger partial charge < -0.3 is 15.4 Å². The lowest BCUT2D eigenvalue weighted by Gasteiger charge is -2.17. The van der Waals surface area contributed by atoms with Gasteiger partial charge in [-0.3, -0.25) is 4.79 Å².